The molecule has 0 bridgehead atoms. The molecule has 1 unspecified atom stereocenters. The number of aryl methyl sites for hydroxylation is 1. The van der Waals surface area contributed by atoms with Crippen LogP contribution < -0.4 is 15.4 Å². The molecule has 0 saturated carbocycles. The van der Waals surface area contributed by atoms with Crippen molar-refractivity contribution < 1.29 is 33.0 Å². The van der Waals surface area contributed by atoms with Crippen molar-refractivity contribution in [3.63, 3.8) is 0 Å². The molecule has 9 nitrogen and oxygen atoms in total. The highest BCUT2D eigenvalue weighted by Gasteiger charge is 2.45. The Kier molecular flexibility index (Phi) is 9.82. The lowest BCUT2D eigenvalue weighted by atomic mass is 10.0. The number of hydrogen-bond acceptors (Lipinski definition) is 6. The van der Waals surface area contributed by atoms with Crippen LogP contribution in [0.5, 0.6) is 5.75 Å². The Bertz CT molecular complexity index is 1320. The molecule has 4 amide bonds. The van der Waals surface area contributed by atoms with E-state index in [1.807, 2.05) is 6.07 Å². The highest BCUT2D eigenvalue weighted by atomic mass is 19.1. The summed E-state index contributed by atoms with van der Waals surface area (Å²) in [5.41, 5.74) is 1.94. The van der Waals surface area contributed by atoms with Crippen LogP contribution in [-0.4, -0.2) is 62.3 Å². The Balaban J connectivity index is 1.48. The van der Waals surface area contributed by atoms with Crippen LogP contribution in [0.15, 0.2) is 72.8 Å². The zero-order chi connectivity index (χ0) is 28.5. The van der Waals surface area contributed by atoms with E-state index in [0.29, 0.717) is 43.3 Å². The smallest absolute Gasteiger partial charge is 0.325 e. The van der Waals surface area contributed by atoms with Crippen molar-refractivity contribution in [1.29, 1.82) is 0 Å². The van der Waals surface area contributed by atoms with Crippen LogP contribution in [0.2, 0.25) is 0 Å². The van der Waals surface area contributed by atoms with Crippen molar-refractivity contribution in [2.45, 2.75) is 25.4 Å². The number of anilines is 1. The van der Waals surface area contributed by atoms with Gasteiger partial charge in [0.15, 0.2) is 0 Å². The molecule has 3 aromatic carbocycles. The molecule has 0 radical (unpaired) electrons. The summed E-state index contributed by atoms with van der Waals surface area (Å²) in [6, 6.07) is 17.3. The molecule has 210 valence electrons. The van der Waals surface area contributed by atoms with Crippen LogP contribution in [-0.2, 0) is 25.5 Å². The van der Waals surface area contributed by atoms with Crippen molar-refractivity contribution in [3.8, 4) is 5.75 Å². The first-order valence-electron chi connectivity index (χ1n) is 12.9. The van der Waals surface area contributed by atoms with Gasteiger partial charge in [0, 0.05) is 13.5 Å². The molecule has 2 atom stereocenters. The molecule has 1 aliphatic rings. The van der Waals surface area contributed by atoms with Crippen molar-refractivity contribution in [2.24, 2.45) is 0 Å². The summed E-state index contributed by atoms with van der Waals surface area (Å²) >= 11 is 0. The van der Waals surface area contributed by atoms with Gasteiger partial charge in [-0.15, -0.1) is 0 Å². The summed E-state index contributed by atoms with van der Waals surface area (Å²) in [6.45, 7) is 3.45. The summed E-state index contributed by atoms with van der Waals surface area (Å²) in [7, 11) is 1.60. The topological polar surface area (TPSA) is 106 Å². The van der Waals surface area contributed by atoms with E-state index in [2.05, 4.69) is 10.6 Å². The van der Waals surface area contributed by atoms with Crippen molar-refractivity contribution >= 4 is 23.5 Å². The Hall–Kier alpha value is -4.28. The number of nitrogens with one attached hydrogen (secondary N) is 2. The maximum Gasteiger partial charge on any atom is 0.325 e. The molecular formula is C30H32FN3O6. The van der Waals surface area contributed by atoms with Gasteiger partial charge in [0.05, 0.1) is 25.5 Å². The molecule has 4 rings (SSSR count). The van der Waals surface area contributed by atoms with Gasteiger partial charge < -0.3 is 24.8 Å². The number of carbonyl (C=O) groups excluding carboxylic acids is 3. The third-order valence-corrected chi connectivity index (χ3v) is 6.38. The van der Waals surface area contributed by atoms with E-state index in [1.165, 1.54) is 12.1 Å². The second-order valence-corrected chi connectivity index (χ2v) is 9.29. The van der Waals surface area contributed by atoms with Crippen LogP contribution in [0.25, 0.3) is 0 Å². The van der Waals surface area contributed by atoms with Crippen LogP contribution in [0, 0.1) is 12.7 Å². The number of benzene rings is 3. The number of nitrogens with zero attached hydrogens (tertiary/aromatic N) is 1. The lowest BCUT2D eigenvalue weighted by Gasteiger charge is -2.25. The average molecular weight is 550 g/mol. The fraction of sp³-hybridized carbons (Fsp3) is 0.300. The molecule has 0 aromatic heterocycles. The SMILES string of the molecule is COCCOCCOc1ccc([C@H]2NC(=O)N(C(Cc3ccccc3)C(=O)Nc3ccc(C)cc3F)C2=O)cc1. The number of carbonyl (C=O) groups is 3. The van der Waals surface area contributed by atoms with Crippen molar-refractivity contribution in [1.82, 2.24) is 10.2 Å². The third kappa shape index (κ3) is 7.22. The zero-order valence-corrected chi connectivity index (χ0v) is 22.4. The van der Waals surface area contributed by atoms with E-state index in [9.17, 15) is 18.8 Å². The van der Waals surface area contributed by atoms with E-state index < -0.39 is 35.7 Å². The second kappa shape index (κ2) is 13.7. The molecule has 10 heteroatoms. The first kappa shape index (κ1) is 28.7. The van der Waals surface area contributed by atoms with Gasteiger partial charge in [0.2, 0.25) is 5.91 Å². The Morgan fingerprint density at radius 2 is 1.73 bits per heavy atom. The number of amides is 4. The molecule has 0 aliphatic carbocycles. The van der Waals surface area contributed by atoms with Crippen LogP contribution in [0.4, 0.5) is 14.9 Å². The van der Waals surface area contributed by atoms with Gasteiger partial charge in [-0.1, -0.05) is 48.5 Å². The predicted molar refractivity (Wildman–Crippen MR) is 146 cm³/mol. The van der Waals surface area contributed by atoms with E-state index in [0.717, 1.165) is 10.5 Å². The van der Waals surface area contributed by atoms with E-state index in [1.54, 1.807) is 68.6 Å². The fourth-order valence-electron chi connectivity index (χ4n) is 4.31. The lowest BCUT2D eigenvalue weighted by Crippen LogP contribution is -2.49. The Morgan fingerprint density at radius 3 is 2.42 bits per heavy atom. The minimum atomic E-state index is -1.21. The number of ether oxygens (including phenoxy) is 3. The largest absolute Gasteiger partial charge is 0.491 e. The van der Waals surface area contributed by atoms with Gasteiger partial charge in [-0.05, 0) is 47.9 Å². The van der Waals surface area contributed by atoms with Crippen LogP contribution in [0.3, 0.4) is 0 Å². The van der Waals surface area contributed by atoms with E-state index >= 15 is 0 Å². The van der Waals surface area contributed by atoms with Gasteiger partial charge >= 0.3 is 6.03 Å². The number of rotatable bonds is 13. The molecule has 3 aromatic rings. The van der Waals surface area contributed by atoms with Gasteiger partial charge in [0.25, 0.3) is 5.91 Å². The minimum absolute atomic E-state index is 0.0306. The first-order chi connectivity index (χ1) is 19.4. The predicted octanol–water partition coefficient (Wildman–Crippen LogP) is 4.02. The molecule has 1 aliphatic heterocycles. The maximum absolute atomic E-state index is 14.5. The van der Waals surface area contributed by atoms with Crippen molar-refractivity contribution in [2.75, 3.05) is 38.9 Å². The first-order valence-corrected chi connectivity index (χ1v) is 12.9. The number of urea groups is 1. The lowest BCUT2D eigenvalue weighted by molar-refractivity contribution is -0.134. The van der Waals surface area contributed by atoms with Crippen molar-refractivity contribution in [3.05, 3.63) is 95.3 Å². The van der Waals surface area contributed by atoms with Gasteiger partial charge in [-0.2, -0.15) is 0 Å². The third-order valence-electron chi connectivity index (χ3n) is 6.38. The van der Waals surface area contributed by atoms with Gasteiger partial charge in [0.1, 0.15) is 30.3 Å². The number of methoxy groups -OCH3 is 1. The minimum Gasteiger partial charge on any atom is -0.491 e. The highest BCUT2D eigenvalue weighted by Crippen LogP contribution is 2.27. The van der Waals surface area contributed by atoms with E-state index in [4.69, 9.17) is 14.2 Å². The zero-order valence-electron chi connectivity index (χ0n) is 22.4. The van der Waals surface area contributed by atoms with Gasteiger partial charge in [-0.3, -0.25) is 9.59 Å². The average Bonchev–Trinajstić information content (AvgIpc) is 3.25. The summed E-state index contributed by atoms with van der Waals surface area (Å²) in [6.07, 6.45) is 0.0608. The molecule has 1 heterocycles. The second-order valence-electron chi connectivity index (χ2n) is 9.29. The highest BCUT2D eigenvalue weighted by molar-refractivity contribution is 6.09. The van der Waals surface area contributed by atoms with Crippen LogP contribution >= 0.6 is 0 Å². The van der Waals surface area contributed by atoms with Gasteiger partial charge in [-0.25, -0.2) is 14.1 Å². The summed E-state index contributed by atoms with van der Waals surface area (Å²) in [5, 5.41) is 5.23. The maximum atomic E-state index is 14.5. The standard InChI is InChI=1S/C30H32FN3O6/c1-20-8-13-25(24(31)18-20)32-28(35)26(19-21-6-4-3-5-7-21)34-29(36)27(33-30(34)37)22-9-11-23(12-10-22)40-17-16-39-15-14-38-2/h3-13,18,26-27H,14-17,19H2,1-2H3,(H,32,35)(H,33,37)/t26?,27-/m1/s1. The fourth-order valence-corrected chi connectivity index (χ4v) is 4.31. The molecule has 40 heavy (non-hydrogen) atoms. The Labute approximate surface area is 232 Å². The molecule has 1 saturated heterocycles. The number of halogens is 1. The molecular weight excluding hydrogens is 517 g/mol. The number of imide groups is 1. The molecule has 0 spiro atoms. The monoisotopic (exact) mass is 549 g/mol. The summed E-state index contributed by atoms with van der Waals surface area (Å²) in [5.74, 6) is -1.28. The number of hydrogen-bond donors (Lipinski definition) is 2. The molecule has 1 fully saturated rings. The summed E-state index contributed by atoms with van der Waals surface area (Å²) < 4.78 is 30.4. The van der Waals surface area contributed by atoms with E-state index in [-0.39, 0.29) is 12.1 Å². The Morgan fingerprint density at radius 1 is 1.00 bits per heavy atom. The van der Waals surface area contributed by atoms with Crippen LogP contribution in [0.1, 0.15) is 22.7 Å². The molecule has 2 N–H and O–H groups in total. The summed E-state index contributed by atoms with van der Waals surface area (Å²) in [4.78, 5) is 40.9. The normalized spacial score (nSPS) is 15.6. The quantitative estimate of drug-likeness (QED) is 0.247.